The number of carbonyl (C=O) groups is 1. The van der Waals surface area contributed by atoms with E-state index in [0.29, 0.717) is 42.1 Å². The van der Waals surface area contributed by atoms with Crippen molar-refractivity contribution in [3.8, 4) is 6.07 Å². The van der Waals surface area contributed by atoms with Crippen molar-refractivity contribution < 1.29 is 13.2 Å². The highest BCUT2D eigenvalue weighted by molar-refractivity contribution is 7.99. The zero-order valence-electron chi connectivity index (χ0n) is 15.5. The molecular weight excluding hydrogens is 394 g/mol. The van der Waals surface area contributed by atoms with E-state index < -0.39 is 10.0 Å². The first-order chi connectivity index (χ1) is 13.5. The zero-order valence-corrected chi connectivity index (χ0v) is 17.1. The molecule has 1 heterocycles. The maximum absolute atomic E-state index is 13.0. The van der Waals surface area contributed by atoms with Crippen molar-refractivity contribution in [2.45, 2.75) is 22.6 Å². The SMILES string of the molecule is CSc1ccccc1S(=O)(=O)N1CCC(C(=O)Nc2ccccc2C#N)CC1. The third kappa shape index (κ3) is 4.22. The van der Waals surface area contributed by atoms with Gasteiger partial charge in [0, 0.05) is 23.9 Å². The summed E-state index contributed by atoms with van der Waals surface area (Å²) in [4.78, 5) is 13.6. The van der Waals surface area contributed by atoms with Crippen molar-refractivity contribution in [2.24, 2.45) is 5.92 Å². The van der Waals surface area contributed by atoms with E-state index in [1.165, 1.54) is 16.1 Å². The van der Waals surface area contributed by atoms with Crippen LogP contribution >= 0.6 is 11.8 Å². The summed E-state index contributed by atoms with van der Waals surface area (Å²) in [6.45, 7) is 0.589. The average molecular weight is 416 g/mol. The van der Waals surface area contributed by atoms with Crippen LogP contribution in [0.1, 0.15) is 18.4 Å². The number of sulfonamides is 1. The minimum atomic E-state index is -3.59. The molecular formula is C20H21N3O3S2. The molecule has 3 rings (SSSR count). The van der Waals surface area contributed by atoms with E-state index in [1.807, 2.05) is 12.3 Å². The molecule has 1 aliphatic rings. The lowest BCUT2D eigenvalue weighted by Gasteiger charge is -2.31. The molecule has 0 bridgehead atoms. The van der Waals surface area contributed by atoms with Crippen molar-refractivity contribution in [1.29, 1.82) is 5.26 Å². The lowest BCUT2D eigenvalue weighted by Crippen LogP contribution is -2.41. The van der Waals surface area contributed by atoms with Gasteiger partial charge in [0.05, 0.1) is 16.1 Å². The Labute approximate surface area is 169 Å². The second-order valence-electron chi connectivity index (χ2n) is 6.48. The minimum absolute atomic E-state index is 0.177. The van der Waals surface area contributed by atoms with E-state index in [4.69, 9.17) is 5.26 Å². The Morgan fingerprint density at radius 3 is 2.46 bits per heavy atom. The molecule has 1 fully saturated rings. The predicted octanol–water partition coefficient (Wildman–Crippen LogP) is 3.32. The van der Waals surface area contributed by atoms with Gasteiger partial charge in [0.2, 0.25) is 15.9 Å². The van der Waals surface area contributed by atoms with Crippen LogP contribution in [0.2, 0.25) is 0 Å². The van der Waals surface area contributed by atoms with Crippen LogP contribution in [0.4, 0.5) is 5.69 Å². The van der Waals surface area contributed by atoms with Crippen LogP contribution in [0.5, 0.6) is 0 Å². The lowest BCUT2D eigenvalue weighted by molar-refractivity contribution is -0.120. The zero-order chi connectivity index (χ0) is 20.1. The second-order valence-corrected chi connectivity index (χ2v) is 9.23. The van der Waals surface area contributed by atoms with Crippen molar-refractivity contribution in [3.05, 3.63) is 54.1 Å². The van der Waals surface area contributed by atoms with E-state index in [2.05, 4.69) is 11.4 Å². The van der Waals surface area contributed by atoms with Gasteiger partial charge < -0.3 is 5.32 Å². The van der Waals surface area contributed by atoms with Crippen molar-refractivity contribution in [2.75, 3.05) is 24.7 Å². The van der Waals surface area contributed by atoms with E-state index in [0.717, 1.165) is 4.90 Å². The predicted molar refractivity (Wildman–Crippen MR) is 109 cm³/mol. The molecule has 0 radical (unpaired) electrons. The highest BCUT2D eigenvalue weighted by Gasteiger charge is 2.33. The van der Waals surface area contributed by atoms with E-state index in [9.17, 15) is 13.2 Å². The smallest absolute Gasteiger partial charge is 0.244 e. The van der Waals surface area contributed by atoms with Gasteiger partial charge in [0.1, 0.15) is 6.07 Å². The summed E-state index contributed by atoms with van der Waals surface area (Å²) >= 11 is 1.40. The van der Waals surface area contributed by atoms with E-state index in [1.54, 1.807) is 42.5 Å². The van der Waals surface area contributed by atoms with Crippen molar-refractivity contribution in [1.82, 2.24) is 4.31 Å². The van der Waals surface area contributed by atoms with E-state index in [-0.39, 0.29) is 11.8 Å². The highest BCUT2D eigenvalue weighted by atomic mass is 32.2. The number of anilines is 1. The highest BCUT2D eigenvalue weighted by Crippen LogP contribution is 2.30. The number of benzene rings is 2. The van der Waals surface area contributed by atoms with Crippen LogP contribution in [0.3, 0.4) is 0 Å². The fraction of sp³-hybridized carbons (Fsp3) is 0.300. The fourth-order valence-electron chi connectivity index (χ4n) is 3.25. The molecule has 28 heavy (non-hydrogen) atoms. The van der Waals surface area contributed by atoms with Crippen LogP contribution in [0.15, 0.2) is 58.3 Å². The fourth-order valence-corrected chi connectivity index (χ4v) is 5.85. The van der Waals surface area contributed by atoms with Crippen molar-refractivity contribution >= 4 is 33.4 Å². The number of carbonyl (C=O) groups excluding carboxylic acids is 1. The molecule has 2 aromatic carbocycles. The quantitative estimate of drug-likeness (QED) is 0.757. The van der Waals surface area contributed by atoms with Crippen LogP contribution < -0.4 is 5.32 Å². The minimum Gasteiger partial charge on any atom is -0.325 e. The Hall–Kier alpha value is -2.34. The number of nitrogens with one attached hydrogen (secondary N) is 1. The average Bonchev–Trinajstić information content (AvgIpc) is 2.74. The number of amides is 1. The molecule has 0 aliphatic carbocycles. The van der Waals surface area contributed by atoms with Crippen LogP contribution in [-0.2, 0) is 14.8 Å². The number of para-hydroxylation sites is 1. The van der Waals surface area contributed by atoms with Crippen LogP contribution in [0.25, 0.3) is 0 Å². The Morgan fingerprint density at radius 2 is 1.79 bits per heavy atom. The first kappa shape index (κ1) is 20.4. The van der Waals surface area contributed by atoms with Gasteiger partial charge in [-0.25, -0.2) is 8.42 Å². The summed E-state index contributed by atoms with van der Waals surface area (Å²) in [5.41, 5.74) is 0.892. The number of nitrogens with zero attached hydrogens (tertiary/aromatic N) is 2. The summed E-state index contributed by atoms with van der Waals surface area (Å²) in [5, 5.41) is 11.9. The molecule has 2 aromatic rings. The van der Waals surface area contributed by atoms with Gasteiger partial charge in [0.15, 0.2) is 0 Å². The molecule has 6 nitrogen and oxygen atoms in total. The topological polar surface area (TPSA) is 90.3 Å². The van der Waals surface area contributed by atoms with E-state index >= 15 is 0 Å². The number of piperidine rings is 1. The second kappa shape index (κ2) is 8.78. The molecule has 1 amide bonds. The largest absolute Gasteiger partial charge is 0.325 e. The Morgan fingerprint density at radius 1 is 1.14 bits per heavy atom. The molecule has 8 heteroatoms. The van der Waals surface area contributed by atoms with Crippen LogP contribution in [0, 0.1) is 17.2 Å². The summed E-state index contributed by atoms with van der Waals surface area (Å²) < 4.78 is 27.4. The molecule has 146 valence electrons. The maximum atomic E-state index is 13.0. The maximum Gasteiger partial charge on any atom is 0.244 e. The van der Waals surface area contributed by atoms with Crippen molar-refractivity contribution in [3.63, 3.8) is 0 Å². The van der Waals surface area contributed by atoms with Gasteiger partial charge in [-0.1, -0.05) is 24.3 Å². The molecule has 1 N–H and O–H groups in total. The molecule has 1 saturated heterocycles. The Kier molecular flexibility index (Phi) is 6.39. The number of hydrogen-bond donors (Lipinski definition) is 1. The first-order valence-corrected chi connectivity index (χ1v) is 11.6. The van der Waals surface area contributed by atoms with Gasteiger partial charge in [-0.3, -0.25) is 4.79 Å². The van der Waals surface area contributed by atoms with Gasteiger partial charge in [-0.2, -0.15) is 9.57 Å². The molecule has 0 unspecified atom stereocenters. The summed E-state index contributed by atoms with van der Waals surface area (Å²) in [6, 6.07) is 15.9. The monoisotopic (exact) mass is 415 g/mol. The van der Waals surface area contributed by atoms with Gasteiger partial charge in [-0.05, 0) is 43.4 Å². The molecule has 0 saturated carbocycles. The number of hydrogen-bond acceptors (Lipinski definition) is 5. The first-order valence-electron chi connectivity index (χ1n) is 8.90. The molecule has 0 atom stereocenters. The van der Waals surface area contributed by atoms with Gasteiger partial charge in [-0.15, -0.1) is 11.8 Å². The number of rotatable bonds is 5. The molecule has 1 aliphatic heterocycles. The summed E-state index contributed by atoms with van der Waals surface area (Å²) in [5.74, 6) is -0.460. The standard InChI is InChI=1S/C20H21N3O3S2/c1-27-18-8-4-5-9-19(18)28(25,26)23-12-10-15(11-13-23)20(24)22-17-7-3-2-6-16(17)14-21/h2-9,15H,10-13H2,1H3,(H,22,24). The normalized spacial score (nSPS) is 15.7. The third-order valence-electron chi connectivity index (χ3n) is 4.82. The molecule has 0 aromatic heterocycles. The van der Waals surface area contributed by atoms with Crippen LogP contribution in [-0.4, -0.2) is 38.0 Å². The van der Waals surface area contributed by atoms with Gasteiger partial charge in [0.25, 0.3) is 0 Å². The third-order valence-corrected chi connectivity index (χ3v) is 7.70. The number of thioether (sulfide) groups is 1. The number of nitriles is 1. The Bertz CT molecular complexity index is 1010. The van der Waals surface area contributed by atoms with Gasteiger partial charge >= 0.3 is 0 Å². The Balaban J connectivity index is 1.67. The lowest BCUT2D eigenvalue weighted by atomic mass is 9.97. The summed E-state index contributed by atoms with van der Waals surface area (Å²) in [6.07, 6.45) is 2.74. The molecule has 0 spiro atoms. The summed E-state index contributed by atoms with van der Waals surface area (Å²) in [7, 11) is -3.59.